The first-order valence-electron chi connectivity index (χ1n) is 7.59. The highest BCUT2D eigenvalue weighted by Crippen LogP contribution is 2.36. The van der Waals surface area contributed by atoms with E-state index in [4.69, 9.17) is 4.52 Å². The zero-order chi connectivity index (χ0) is 13.9. The maximum absolute atomic E-state index is 5.42. The van der Waals surface area contributed by atoms with Crippen molar-refractivity contribution in [1.82, 2.24) is 15.5 Å². The Labute approximate surface area is 116 Å². The van der Waals surface area contributed by atoms with Crippen molar-refractivity contribution < 1.29 is 4.52 Å². The van der Waals surface area contributed by atoms with Gasteiger partial charge in [-0.05, 0) is 52.5 Å². The molecular formula is C15H27N3O. The van der Waals surface area contributed by atoms with Crippen LogP contribution in [0.4, 0.5) is 0 Å². The van der Waals surface area contributed by atoms with Gasteiger partial charge in [0.15, 0.2) is 5.82 Å². The molecule has 0 radical (unpaired) electrons. The molecule has 0 spiro atoms. The van der Waals surface area contributed by atoms with E-state index in [2.05, 4.69) is 36.2 Å². The molecule has 108 valence electrons. The minimum Gasteiger partial charge on any atom is -0.337 e. The Morgan fingerprint density at radius 2 is 1.95 bits per heavy atom. The summed E-state index contributed by atoms with van der Waals surface area (Å²) in [6.45, 7) is 6.39. The Bertz CT molecular complexity index is 392. The van der Waals surface area contributed by atoms with Gasteiger partial charge in [-0.3, -0.25) is 0 Å². The molecule has 0 atom stereocenters. The third-order valence-corrected chi connectivity index (χ3v) is 4.51. The first-order chi connectivity index (χ1) is 9.06. The lowest BCUT2D eigenvalue weighted by atomic mass is 9.80. The van der Waals surface area contributed by atoms with E-state index in [0.29, 0.717) is 11.8 Å². The predicted molar refractivity (Wildman–Crippen MR) is 76.0 cm³/mol. The minimum absolute atomic E-state index is 0.245. The Morgan fingerprint density at radius 1 is 1.26 bits per heavy atom. The summed E-state index contributed by atoms with van der Waals surface area (Å²) < 4.78 is 5.42. The molecule has 0 amide bonds. The first-order valence-corrected chi connectivity index (χ1v) is 7.59. The van der Waals surface area contributed by atoms with Crippen LogP contribution in [-0.4, -0.2) is 17.2 Å². The van der Waals surface area contributed by atoms with Crippen molar-refractivity contribution >= 4 is 0 Å². The molecule has 0 bridgehead atoms. The normalized spacial score (nSPS) is 24.6. The smallest absolute Gasteiger partial charge is 0.246 e. The molecule has 1 aromatic rings. The fourth-order valence-electron chi connectivity index (χ4n) is 2.88. The largest absolute Gasteiger partial charge is 0.337 e. The van der Waals surface area contributed by atoms with Crippen molar-refractivity contribution in [2.24, 2.45) is 5.92 Å². The van der Waals surface area contributed by atoms with Crippen molar-refractivity contribution in [3.05, 3.63) is 11.7 Å². The second-order valence-electron chi connectivity index (χ2n) is 6.34. The number of rotatable bonds is 5. The molecule has 1 heterocycles. The standard InChI is InChI=1S/C15H27N3O/c1-5-6-11-7-9-12(10-8-11)13-17-14(19-18-13)15(2,3)16-4/h11-12,16H,5-10H2,1-4H3. The molecule has 2 rings (SSSR count). The van der Waals surface area contributed by atoms with Crippen LogP contribution in [0, 0.1) is 5.92 Å². The van der Waals surface area contributed by atoms with Gasteiger partial charge < -0.3 is 9.84 Å². The second kappa shape index (κ2) is 6.04. The molecule has 1 fully saturated rings. The SMILES string of the molecule is CCCC1CCC(c2noc(C(C)(C)NC)n2)CC1. The van der Waals surface area contributed by atoms with E-state index in [0.717, 1.165) is 11.7 Å². The van der Waals surface area contributed by atoms with Crippen LogP contribution in [-0.2, 0) is 5.54 Å². The quantitative estimate of drug-likeness (QED) is 0.883. The molecule has 0 saturated heterocycles. The highest BCUT2D eigenvalue weighted by molar-refractivity contribution is 5.03. The van der Waals surface area contributed by atoms with Gasteiger partial charge in [0.1, 0.15) is 0 Å². The van der Waals surface area contributed by atoms with Crippen molar-refractivity contribution in [2.45, 2.75) is 70.8 Å². The molecule has 19 heavy (non-hydrogen) atoms. The summed E-state index contributed by atoms with van der Waals surface area (Å²) in [6.07, 6.45) is 7.73. The maximum Gasteiger partial charge on any atom is 0.246 e. The van der Waals surface area contributed by atoms with Crippen LogP contribution in [0.3, 0.4) is 0 Å². The monoisotopic (exact) mass is 265 g/mol. The van der Waals surface area contributed by atoms with Crippen LogP contribution in [0.1, 0.15) is 76.9 Å². The van der Waals surface area contributed by atoms with Crippen LogP contribution in [0.5, 0.6) is 0 Å². The van der Waals surface area contributed by atoms with E-state index in [-0.39, 0.29) is 5.54 Å². The fraction of sp³-hybridized carbons (Fsp3) is 0.867. The molecule has 0 aromatic carbocycles. The Morgan fingerprint density at radius 3 is 2.53 bits per heavy atom. The van der Waals surface area contributed by atoms with Crippen molar-refractivity contribution in [3.8, 4) is 0 Å². The zero-order valence-electron chi connectivity index (χ0n) is 12.7. The Kier molecular flexibility index (Phi) is 4.61. The van der Waals surface area contributed by atoms with E-state index in [1.807, 2.05) is 7.05 Å². The average Bonchev–Trinajstić information content (AvgIpc) is 2.90. The topological polar surface area (TPSA) is 51.0 Å². The summed E-state index contributed by atoms with van der Waals surface area (Å²) in [5.41, 5.74) is -0.245. The van der Waals surface area contributed by atoms with Crippen LogP contribution in [0.15, 0.2) is 4.52 Å². The molecular weight excluding hydrogens is 238 g/mol. The number of hydrogen-bond acceptors (Lipinski definition) is 4. The summed E-state index contributed by atoms with van der Waals surface area (Å²) in [5.74, 6) is 3.02. The van der Waals surface area contributed by atoms with Gasteiger partial charge in [0, 0.05) is 5.92 Å². The van der Waals surface area contributed by atoms with Crippen molar-refractivity contribution in [1.29, 1.82) is 0 Å². The summed E-state index contributed by atoms with van der Waals surface area (Å²) in [6, 6.07) is 0. The lowest BCUT2D eigenvalue weighted by Gasteiger charge is -2.26. The van der Waals surface area contributed by atoms with Crippen LogP contribution in [0.25, 0.3) is 0 Å². The number of hydrogen-bond donors (Lipinski definition) is 1. The molecule has 0 unspecified atom stereocenters. The van der Waals surface area contributed by atoms with Gasteiger partial charge in [0.25, 0.3) is 0 Å². The number of aromatic nitrogens is 2. The average molecular weight is 265 g/mol. The van der Waals surface area contributed by atoms with E-state index in [1.54, 1.807) is 0 Å². The molecule has 0 aliphatic heterocycles. The van der Waals surface area contributed by atoms with E-state index < -0.39 is 0 Å². The van der Waals surface area contributed by atoms with E-state index in [9.17, 15) is 0 Å². The van der Waals surface area contributed by atoms with Crippen molar-refractivity contribution in [2.75, 3.05) is 7.05 Å². The minimum atomic E-state index is -0.245. The Balaban J connectivity index is 1.97. The molecule has 1 aliphatic rings. The van der Waals surface area contributed by atoms with Crippen molar-refractivity contribution in [3.63, 3.8) is 0 Å². The van der Waals surface area contributed by atoms with Gasteiger partial charge in [0.05, 0.1) is 5.54 Å². The molecule has 4 nitrogen and oxygen atoms in total. The Hall–Kier alpha value is -0.900. The molecule has 1 aromatic heterocycles. The highest BCUT2D eigenvalue weighted by atomic mass is 16.5. The fourth-order valence-corrected chi connectivity index (χ4v) is 2.88. The maximum atomic E-state index is 5.42. The summed E-state index contributed by atoms with van der Waals surface area (Å²) >= 11 is 0. The second-order valence-corrected chi connectivity index (χ2v) is 6.34. The van der Waals surface area contributed by atoms with Gasteiger partial charge >= 0.3 is 0 Å². The van der Waals surface area contributed by atoms with Crippen LogP contribution < -0.4 is 5.32 Å². The van der Waals surface area contributed by atoms with Gasteiger partial charge in [-0.2, -0.15) is 4.98 Å². The van der Waals surface area contributed by atoms with Gasteiger partial charge in [-0.1, -0.05) is 24.9 Å². The third-order valence-electron chi connectivity index (χ3n) is 4.51. The van der Waals surface area contributed by atoms with Crippen LogP contribution >= 0.6 is 0 Å². The van der Waals surface area contributed by atoms with E-state index >= 15 is 0 Å². The lowest BCUT2D eigenvalue weighted by Crippen LogP contribution is -2.33. The summed E-state index contributed by atoms with van der Waals surface area (Å²) in [7, 11) is 1.92. The third kappa shape index (κ3) is 3.35. The van der Waals surface area contributed by atoms with Crippen LogP contribution in [0.2, 0.25) is 0 Å². The van der Waals surface area contributed by atoms with Gasteiger partial charge in [0.2, 0.25) is 5.89 Å². The summed E-state index contributed by atoms with van der Waals surface area (Å²) in [5, 5.41) is 7.40. The number of nitrogens with one attached hydrogen (secondary N) is 1. The van der Waals surface area contributed by atoms with Gasteiger partial charge in [-0.15, -0.1) is 0 Å². The first kappa shape index (κ1) is 14.5. The summed E-state index contributed by atoms with van der Waals surface area (Å²) in [4.78, 5) is 4.61. The number of nitrogens with zero attached hydrogens (tertiary/aromatic N) is 2. The lowest BCUT2D eigenvalue weighted by molar-refractivity contribution is 0.272. The van der Waals surface area contributed by atoms with E-state index in [1.165, 1.54) is 38.5 Å². The highest BCUT2D eigenvalue weighted by Gasteiger charge is 2.29. The molecule has 1 N–H and O–H groups in total. The van der Waals surface area contributed by atoms with Gasteiger partial charge in [-0.25, -0.2) is 0 Å². The molecule has 4 heteroatoms. The predicted octanol–water partition coefficient (Wildman–Crippen LogP) is 3.60. The zero-order valence-corrected chi connectivity index (χ0v) is 12.7. The molecule has 1 aliphatic carbocycles. The molecule has 1 saturated carbocycles.